The Hall–Kier alpha value is -3.45. The van der Waals surface area contributed by atoms with Crippen LogP contribution in [-0.2, 0) is 25.8 Å². The zero-order chi connectivity index (χ0) is 24.2. The quantitative estimate of drug-likeness (QED) is 0.148. The number of oxime groups is 1. The number of thiazole rings is 1. The number of aromatic nitrogens is 2. The van der Waals surface area contributed by atoms with E-state index < -0.39 is 29.2 Å². The molecule has 1 saturated heterocycles. The lowest BCUT2D eigenvalue weighted by atomic mass is 10.0. The second kappa shape index (κ2) is 10.2. The van der Waals surface area contributed by atoms with Crippen molar-refractivity contribution in [3.05, 3.63) is 52.9 Å². The first-order chi connectivity index (χ1) is 16.4. The Kier molecular flexibility index (Phi) is 7.12. The zero-order valence-corrected chi connectivity index (χ0v) is 19.8. The molecule has 0 aromatic carbocycles. The second-order valence-corrected chi connectivity index (χ2v) is 9.50. The van der Waals surface area contributed by atoms with Crippen LogP contribution in [0.1, 0.15) is 19.0 Å². The number of hydrogen-bond donors (Lipinski definition) is 3. The Morgan fingerprint density at radius 2 is 2.15 bits per heavy atom. The molecular weight excluding hydrogens is 480 g/mol. The molecule has 2 aliphatic heterocycles. The summed E-state index contributed by atoms with van der Waals surface area (Å²) >= 11 is 2.55. The molecule has 0 spiro atoms. The minimum absolute atomic E-state index is 0.0388. The molecule has 0 radical (unpaired) electrons. The maximum Gasteiger partial charge on any atom is 0.352 e. The molecule has 4 N–H and O–H groups in total. The van der Waals surface area contributed by atoms with Crippen LogP contribution in [0.2, 0.25) is 0 Å². The van der Waals surface area contributed by atoms with E-state index in [9.17, 15) is 19.5 Å². The number of nitrogen functional groups attached to an aromatic ring is 1. The van der Waals surface area contributed by atoms with E-state index in [0.717, 1.165) is 11.3 Å². The number of aliphatic carboxylic acids is 1. The number of amides is 2. The lowest BCUT2D eigenvalue weighted by Crippen LogP contribution is -2.71. The summed E-state index contributed by atoms with van der Waals surface area (Å²) in [6.07, 6.45) is 4.36. The van der Waals surface area contributed by atoms with Gasteiger partial charge in [0.05, 0.1) is 0 Å². The van der Waals surface area contributed by atoms with Crippen molar-refractivity contribution in [2.75, 3.05) is 18.1 Å². The van der Waals surface area contributed by atoms with Gasteiger partial charge in [0, 0.05) is 28.8 Å². The Bertz CT molecular complexity index is 1170. The van der Waals surface area contributed by atoms with Crippen LogP contribution in [0.25, 0.3) is 0 Å². The molecule has 11 nitrogen and oxygen atoms in total. The lowest BCUT2D eigenvalue weighted by Gasteiger charge is -2.49. The van der Waals surface area contributed by atoms with E-state index in [1.807, 2.05) is 42.1 Å². The number of fused-ring (bicyclic) bond motifs is 1. The summed E-state index contributed by atoms with van der Waals surface area (Å²) < 4.78 is 1.85. The fourth-order valence-corrected chi connectivity index (χ4v) is 5.46. The number of thioether (sulfide) groups is 1. The van der Waals surface area contributed by atoms with Gasteiger partial charge in [-0.15, -0.1) is 23.1 Å². The van der Waals surface area contributed by atoms with Gasteiger partial charge >= 0.3 is 5.97 Å². The monoisotopic (exact) mass is 503 g/mol. The van der Waals surface area contributed by atoms with E-state index in [1.54, 1.807) is 5.38 Å². The van der Waals surface area contributed by atoms with Crippen LogP contribution in [0.3, 0.4) is 0 Å². The summed E-state index contributed by atoms with van der Waals surface area (Å²) in [6, 6.07) is 4.66. The third kappa shape index (κ3) is 4.75. The Labute approximate surface area is 203 Å². The maximum atomic E-state index is 13.0. The van der Waals surface area contributed by atoms with Crippen molar-refractivity contribution >= 4 is 51.7 Å². The van der Waals surface area contributed by atoms with Crippen LogP contribution in [0.5, 0.6) is 0 Å². The number of carbonyl (C=O) groups excluding carboxylic acids is 2. The Balaban J connectivity index is 1.52. The van der Waals surface area contributed by atoms with Crippen molar-refractivity contribution in [3.63, 3.8) is 0 Å². The first-order valence-corrected chi connectivity index (χ1v) is 12.4. The summed E-state index contributed by atoms with van der Waals surface area (Å²) in [5.74, 6) is -1.91. The molecule has 2 aromatic heterocycles. The molecule has 0 aliphatic carbocycles. The van der Waals surface area contributed by atoms with Crippen LogP contribution in [0.15, 0.2) is 52.4 Å². The smallest absolute Gasteiger partial charge is 0.352 e. The highest BCUT2D eigenvalue weighted by Gasteiger charge is 2.54. The van der Waals surface area contributed by atoms with Gasteiger partial charge in [-0.2, -0.15) is 0 Å². The molecule has 34 heavy (non-hydrogen) atoms. The SMILES string of the molecule is CCCON=C(C(=O)NC1C(=O)N2C(C(=O)O)=C(C[n+]3ccccc3)CS[C@H]12)c1csc(N)n1. The highest BCUT2D eigenvalue weighted by molar-refractivity contribution is 8.00. The number of carboxylic acid groups (broad SMARTS) is 1. The van der Waals surface area contributed by atoms with Gasteiger partial charge in [-0.3, -0.25) is 14.5 Å². The van der Waals surface area contributed by atoms with Gasteiger partial charge < -0.3 is 21.0 Å². The number of nitrogens with one attached hydrogen (secondary N) is 1. The molecule has 0 saturated carbocycles. The molecule has 2 aromatic rings. The number of pyridine rings is 1. The number of β-lactam (4-membered cyclic amide) rings is 1. The lowest BCUT2D eigenvalue weighted by molar-refractivity contribution is -0.689. The fourth-order valence-electron chi connectivity index (χ4n) is 3.58. The molecule has 2 amide bonds. The molecule has 0 bridgehead atoms. The number of nitrogens with zero attached hydrogens (tertiary/aromatic N) is 4. The van der Waals surface area contributed by atoms with Crippen LogP contribution in [0, 0.1) is 0 Å². The highest BCUT2D eigenvalue weighted by atomic mass is 32.2. The van der Waals surface area contributed by atoms with Crippen molar-refractivity contribution in [1.29, 1.82) is 0 Å². The highest BCUT2D eigenvalue weighted by Crippen LogP contribution is 2.40. The van der Waals surface area contributed by atoms with E-state index in [0.29, 0.717) is 30.9 Å². The predicted molar refractivity (Wildman–Crippen MR) is 126 cm³/mol. The first kappa shape index (κ1) is 23.7. The standard InChI is InChI=1S/C21H22N6O5S2/c1-2-8-32-25-14(13-11-34-21(22)23-13)17(28)24-15-18(29)27-16(20(30)31)12(10-33-19(15)27)9-26-6-4-3-5-7-26/h3-7,11,15,19H,2,8-10H2,1H3,(H3-,22,23,24,28,30,31)/p+1/t15?,19-/m1/s1. The van der Waals surface area contributed by atoms with Gasteiger partial charge in [0.15, 0.2) is 29.8 Å². The van der Waals surface area contributed by atoms with Crippen LogP contribution in [-0.4, -0.2) is 62.3 Å². The maximum absolute atomic E-state index is 13.0. The molecule has 1 fully saturated rings. The van der Waals surface area contributed by atoms with Crippen LogP contribution < -0.4 is 15.6 Å². The van der Waals surface area contributed by atoms with E-state index in [4.69, 9.17) is 10.6 Å². The number of anilines is 1. The molecule has 178 valence electrons. The summed E-state index contributed by atoms with van der Waals surface area (Å²) in [7, 11) is 0. The number of hydrogen-bond acceptors (Lipinski definition) is 9. The molecule has 4 rings (SSSR count). The van der Waals surface area contributed by atoms with Crippen molar-refractivity contribution in [3.8, 4) is 0 Å². The summed E-state index contributed by atoms with van der Waals surface area (Å²) in [6.45, 7) is 2.55. The van der Waals surface area contributed by atoms with Crippen LogP contribution >= 0.6 is 23.1 Å². The van der Waals surface area contributed by atoms with Gasteiger partial charge in [0.2, 0.25) is 0 Å². The number of rotatable bonds is 9. The summed E-state index contributed by atoms with van der Waals surface area (Å²) in [4.78, 5) is 48.5. The predicted octanol–water partition coefficient (Wildman–Crippen LogP) is 0.582. The average molecular weight is 504 g/mol. The Morgan fingerprint density at radius 3 is 2.79 bits per heavy atom. The third-order valence-corrected chi connectivity index (χ3v) is 7.13. The normalized spacial score (nSPS) is 20.0. The van der Waals surface area contributed by atoms with E-state index >= 15 is 0 Å². The first-order valence-electron chi connectivity index (χ1n) is 10.5. The van der Waals surface area contributed by atoms with Gasteiger partial charge in [-0.05, 0) is 6.42 Å². The molecule has 13 heteroatoms. The summed E-state index contributed by atoms with van der Waals surface area (Å²) in [5, 5.41) is 17.7. The molecule has 4 heterocycles. The van der Waals surface area contributed by atoms with E-state index in [-0.39, 0.29) is 22.2 Å². The minimum atomic E-state index is -1.18. The average Bonchev–Trinajstić information content (AvgIpc) is 3.26. The second-order valence-electron chi connectivity index (χ2n) is 7.51. The van der Waals surface area contributed by atoms with Crippen molar-refractivity contribution in [1.82, 2.24) is 15.2 Å². The van der Waals surface area contributed by atoms with Gasteiger partial charge in [-0.25, -0.2) is 14.3 Å². The number of carbonyl (C=O) groups is 3. The molecule has 1 unspecified atom stereocenters. The Morgan fingerprint density at radius 1 is 1.38 bits per heavy atom. The molecule has 2 aliphatic rings. The summed E-state index contributed by atoms with van der Waals surface area (Å²) in [5.41, 5.74) is 6.41. The number of nitrogens with two attached hydrogens (primary N) is 1. The number of carboxylic acids is 1. The van der Waals surface area contributed by atoms with Crippen molar-refractivity contribution < 1.29 is 28.9 Å². The van der Waals surface area contributed by atoms with Crippen molar-refractivity contribution in [2.24, 2.45) is 5.16 Å². The fraction of sp³-hybridized carbons (Fsp3) is 0.333. The largest absolute Gasteiger partial charge is 0.477 e. The third-order valence-electron chi connectivity index (χ3n) is 5.12. The van der Waals surface area contributed by atoms with Gasteiger partial charge in [0.25, 0.3) is 11.8 Å². The van der Waals surface area contributed by atoms with E-state index in [2.05, 4.69) is 15.5 Å². The van der Waals surface area contributed by atoms with Crippen molar-refractivity contribution in [2.45, 2.75) is 31.3 Å². The molecule has 2 atom stereocenters. The van der Waals surface area contributed by atoms with Gasteiger partial charge in [-0.1, -0.05) is 18.1 Å². The minimum Gasteiger partial charge on any atom is -0.477 e. The van der Waals surface area contributed by atoms with Crippen LogP contribution in [0.4, 0.5) is 5.13 Å². The topological polar surface area (TPSA) is 151 Å². The van der Waals surface area contributed by atoms with Gasteiger partial charge in [0.1, 0.15) is 29.4 Å². The van der Waals surface area contributed by atoms with E-state index in [1.165, 1.54) is 16.7 Å². The molecular formula is C21H23N6O5S2+. The zero-order valence-electron chi connectivity index (χ0n) is 18.2.